The second kappa shape index (κ2) is 6.42. The lowest BCUT2D eigenvalue weighted by molar-refractivity contribution is -0.134. The minimum atomic E-state index is -0.685. The molecular weight excluding hydrogens is 328 g/mol. The summed E-state index contributed by atoms with van der Waals surface area (Å²) in [5.41, 5.74) is 2.77. The Kier molecular flexibility index (Phi) is 4.62. The highest BCUT2D eigenvalue weighted by Crippen LogP contribution is 2.11. The lowest BCUT2D eigenvalue weighted by Crippen LogP contribution is -2.31. The van der Waals surface area contributed by atoms with Crippen LogP contribution >= 0.6 is 15.9 Å². The molecule has 0 saturated heterocycles. The van der Waals surface area contributed by atoms with Gasteiger partial charge in [-0.25, -0.2) is 10.2 Å². The number of rotatable bonds is 4. The summed E-state index contributed by atoms with van der Waals surface area (Å²) in [6.45, 7) is -0.354. The molecule has 0 saturated carbocycles. The fourth-order valence-corrected chi connectivity index (χ4v) is 1.82. The van der Waals surface area contributed by atoms with Crippen molar-refractivity contribution in [3.8, 4) is 0 Å². The number of nitrogens with one attached hydrogen (secondary N) is 1. The van der Waals surface area contributed by atoms with Crippen molar-refractivity contribution >= 4 is 39.3 Å². The van der Waals surface area contributed by atoms with Gasteiger partial charge in [0.05, 0.1) is 0 Å². The van der Waals surface area contributed by atoms with E-state index in [2.05, 4.69) is 26.5 Å². The number of ketones is 1. The van der Waals surface area contributed by atoms with Crippen molar-refractivity contribution in [3.05, 3.63) is 34.3 Å². The van der Waals surface area contributed by atoms with Crippen molar-refractivity contribution in [1.29, 1.82) is 0 Å². The molecule has 7 heteroatoms. The van der Waals surface area contributed by atoms with Crippen molar-refractivity contribution in [2.45, 2.75) is 12.8 Å². The van der Waals surface area contributed by atoms with Crippen LogP contribution in [0, 0.1) is 0 Å². The molecule has 1 aromatic carbocycles. The molecule has 0 unspecified atom stereocenters. The highest BCUT2D eigenvalue weighted by atomic mass is 79.9. The number of carbonyl (C=O) groups excluding carboxylic acids is 3. The van der Waals surface area contributed by atoms with Crippen LogP contribution in [0.25, 0.3) is 0 Å². The van der Waals surface area contributed by atoms with Gasteiger partial charge in [-0.05, 0) is 12.1 Å². The van der Waals surface area contributed by atoms with Gasteiger partial charge in [-0.1, -0.05) is 28.1 Å². The predicted molar refractivity (Wildman–Crippen MR) is 74.2 cm³/mol. The van der Waals surface area contributed by atoms with Gasteiger partial charge in [0.1, 0.15) is 5.71 Å². The number of hydrazone groups is 1. The molecule has 1 heterocycles. The van der Waals surface area contributed by atoms with E-state index in [0.29, 0.717) is 5.56 Å². The third-order valence-electron chi connectivity index (χ3n) is 2.64. The Morgan fingerprint density at radius 1 is 1.25 bits per heavy atom. The Hall–Kier alpha value is -2.02. The van der Waals surface area contributed by atoms with E-state index in [1.54, 1.807) is 24.3 Å². The van der Waals surface area contributed by atoms with E-state index in [9.17, 15) is 14.4 Å². The van der Waals surface area contributed by atoms with Gasteiger partial charge in [0, 0.05) is 22.9 Å². The highest BCUT2D eigenvalue weighted by Gasteiger charge is 2.20. The van der Waals surface area contributed by atoms with Gasteiger partial charge in [0.25, 0.3) is 0 Å². The average molecular weight is 339 g/mol. The van der Waals surface area contributed by atoms with Crippen molar-refractivity contribution in [2.24, 2.45) is 5.10 Å². The zero-order valence-electron chi connectivity index (χ0n) is 10.4. The fraction of sp³-hybridized carbons (Fsp3) is 0.231. The summed E-state index contributed by atoms with van der Waals surface area (Å²) in [5.74, 6) is -1.23. The average Bonchev–Trinajstić information content (AvgIpc) is 2.46. The van der Waals surface area contributed by atoms with Crippen LogP contribution in [0.5, 0.6) is 0 Å². The Bertz CT molecular complexity index is 581. The molecule has 0 atom stereocenters. The van der Waals surface area contributed by atoms with E-state index in [0.717, 1.165) is 4.47 Å². The van der Waals surface area contributed by atoms with Crippen molar-refractivity contribution < 1.29 is 19.1 Å². The van der Waals surface area contributed by atoms with E-state index in [1.807, 2.05) is 0 Å². The number of amides is 1. The summed E-state index contributed by atoms with van der Waals surface area (Å²) < 4.78 is 5.74. The Labute approximate surface area is 123 Å². The largest absolute Gasteiger partial charge is 0.453 e. The first-order chi connectivity index (χ1) is 9.56. The molecule has 6 nitrogen and oxygen atoms in total. The first-order valence-corrected chi connectivity index (χ1v) is 6.67. The van der Waals surface area contributed by atoms with Gasteiger partial charge >= 0.3 is 5.97 Å². The second-order valence-electron chi connectivity index (χ2n) is 4.10. The first-order valence-electron chi connectivity index (χ1n) is 5.87. The number of Topliss-reactive ketones (excluding diaryl/α,β-unsaturated/α-hetero) is 1. The quantitative estimate of drug-likeness (QED) is 0.665. The lowest BCUT2D eigenvalue weighted by atomic mass is 10.1. The SMILES string of the molecule is O=C1CCC(C(=O)OCC(=O)c2ccc(Br)cc2)=NN1. The highest BCUT2D eigenvalue weighted by molar-refractivity contribution is 9.10. The molecule has 1 aliphatic heterocycles. The summed E-state index contributed by atoms with van der Waals surface area (Å²) in [6.07, 6.45) is 0.408. The maximum Gasteiger partial charge on any atom is 0.354 e. The summed E-state index contributed by atoms with van der Waals surface area (Å²) in [5, 5.41) is 3.60. The van der Waals surface area contributed by atoms with Crippen molar-refractivity contribution in [1.82, 2.24) is 5.43 Å². The number of benzene rings is 1. The zero-order valence-corrected chi connectivity index (χ0v) is 12.0. The van der Waals surface area contributed by atoms with Crippen molar-refractivity contribution in [2.75, 3.05) is 6.61 Å². The third kappa shape index (κ3) is 3.74. The molecule has 0 aromatic heterocycles. The maximum absolute atomic E-state index is 11.8. The minimum absolute atomic E-state index is 0.119. The van der Waals surface area contributed by atoms with Crippen LogP contribution in [0.4, 0.5) is 0 Å². The van der Waals surface area contributed by atoms with Crippen LogP contribution in [0.15, 0.2) is 33.8 Å². The van der Waals surface area contributed by atoms with Gasteiger partial charge in [0.2, 0.25) is 5.91 Å². The van der Waals surface area contributed by atoms with Gasteiger partial charge in [-0.2, -0.15) is 5.10 Å². The standard InChI is InChI=1S/C13H11BrN2O4/c14-9-3-1-8(2-4-9)11(17)7-20-13(19)10-5-6-12(18)16-15-10/h1-4H,5-7H2,(H,16,18). The number of hydrogen-bond acceptors (Lipinski definition) is 5. The fourth-order valence-electron chi connectivity index (χ4n) is 1.55. The minimum Gasteiger partial charge on any atom is -0.453 e. The zero-order chi connectivity index (χ0) is 14.5. The smallest absolute Gasteiger partial charge is 0.354 e. The third-order valence-corrected chi connectivity index (χ3v) is 3.17. The van der Waals surface area contributed by atoms with Crippen LogP contribution in [0.2, 0.25) is 0 Å². The van der Waals surface area contributed by atoms with Crippen LogP contribution in [-0.2, 0) is 14.3 Å². The van der Waals surface area contributed by atoms with E-state index in [1.165, 1.54) is 0 Å². The predicted octanol–water partition coefficient (Wildman–Crippen LogP) is 1.44. The molecule has 1 N–H and O–H groups in total. The van der Waals surface area contributed by atoms with Crippen LogP contribution in [-0.4, -0.2) is 30.0 Å². The summed E-state index contributed by atoms with van der Waals surface area (Å²) in [6, 6.07) is 6.74. The molecule has 1 aliphatic rings. The Balaban J connectivity index is 1.88. The van der Waals surface area contributed by atoms with E-state index < -0.39 is 5.97 Å². The second-order valence-corrected chi connectivity index (χ2v) is 5.02. The normalized spacial score (nSPS) is 14.2. The van der Waals surface area contributed by atoms with Gasteiger partial charge < -0.3 is 4.74 Å². The molecule has 0 radical (unpaired) electrons. The summed E-state index contributed by atoms with van der Waals surface area (Å²) >= 11 is 3.27. The summed E-state index contributed by atoms with van der Waals surface area (Å²) in [4.78, 5) is 34.3. The number of hydrogen-bond donors (Lipinski definition) is 1. The summed E-state index contributed by atoms with van der Waals surface area (Å²) in [7, 11) is 0. The molecule has 104 valence electrons. The van der Waals surface area contributed by atoms with E-state index >= 15 is 0 Å². The lowest BCUT2D eigenvalue weighted by Gasteiger charge is -2.11. The van der Waals surface area contributed by atoms with E-state index in [-0.39, 0.29) is 36.9 Å². The van der Waals surface area contributed by atoms with Gasteiger partial charge in [-0.3, -0.25) is 9.59 Å². The maximum atomic E-state index is 11.8. The molecule has 0 spiro atoms. The monoisotopic (exact) mass is 338 g/mol. The van der Waals surface area contributed by atoms with Crippen LogP contribution < -0.4 is 5.43 Å². The molecular formula is C13H11BrN2O4. The molecule has 1 amide bonds. The number of halogens is 1. The number of ether oxygens (including phenoxy) is 1. The number of carbonyl (C=O) groups is 3. The van der Waals surface area contributed by atoms with Gasteiger partial charge in [0.15, 0.2) is 12.4 Å². The first kappa shape index (κ1) is 14.4. The topological polar surface area (TPSA) is 84.8 Å². The van der Waals surface area contributed by atoms with E-state index in [4.69, 9.17) is 4.74 Å². The molecule has 1 aromatic rings. The Morgan fingerprint density at radius 3 is 2.55 bits per heavy atom. The number of nitrogens with zero attached hydrogens (tertiary/aromatic N) is 1. The van der Waals surface area contributed by atoms with Gasteiger partial charge in [-0.15, -0.1) is 0 Å². The molecule has 20 heavy (non-hydrogen) atoms. The van der Waals surface area contributed by atoms with Crippen molar-refractivity contribution in [3.63, 3.8) is 0 Å². The molecule has 0 fully saturated rings. The Morgan fingerprint density at radius 2 is 1.95 bits per heavy atom. The molecule has 2 rings (SSSR count). The van der Waals surface area contributed by atoms with Crippen LogP contribution in [0.1, 0.15) is 23.2 Å². The molecule has 0 aliphatic carbocycles. The van der Waals surface area contributed by atoms with Crippen LogP contribution in [0.3, 0.4) is 0 Å². The number of esters is 1. The molecule has 0 bridgehead atoms.